The van der Waals surface area contributed by atoms with Crippen LogP contribution in [0.1, 0.15) is 84.1 Å². The van der Waals surface area contributed by atoms with Gasteiger partial charge in [0.1, 0.15) is 5.75 Å². The molecule has 0 spiro atoms. The second-order valence-corrected chi connectivity index (χ2v) is 11.4. The largest absolute Gasteiger partial charge is 0.496 e. The van der Waals surface area contributed by atoms with Crippen LogP contribution < -0.4 is 15.4 Å². The molecule has 1 saturated heterocycles. The summed E-state index contributed by atoms with van der Waals surface area (Å²) < 4.78 is 5.63. The smallest absolute Gasteiger partial charge is 0.257 e. The highest BCUT2D eigenvalue weighted by Crippen LogP contribution is 2.38. The van der Waals surface area contributed by atoms with Gasteiger partial charge in [0.2, 0.25) is 0 Å². The molecule has 1 atom stereocenters. The van der Waals surface area contributed by atoms with Crippen molar-refractivity contribution in [3.05, 3.63) is 64.5 Å². The van der Waals surface area contributed by atoms with Gasteiger partial charge in [0.05, 0.1) is 12.8 Å². The van der Waals surface area contributed by atoms with Crippen LogP contribution in [0.5, 0.6) is 5.75 Å². The number of ether oxygens (including phenoxy) is 1. The van der Waals surface area contributed by atoms with Gasteiger partial charge < -0.3 is 10.1 Å². The molecule has 2 aliphatic rings. The van der Waals surface area contributed by atoms with E-state index in [-0.39, 0.29) is 11.8 Å². The predicted molar refractivity (Wildman–Crippen MR) is 157 cm³/mol. The van der Waals surface area contributed by atoms with Crippen molar-refractivity contribution in [1.82, 2.24) is 15.2 Å². The van der Waals surface area contributed by atoms with Crippen LogP contribution in [0.15, 0.2) is 47.8 Å². The van der Waals surface area contributed by atoms with Crippen molar-refractivity contribution >= 4 is 28.3 Å². The molecule has 1 aliphatic carbocycles. The Morgan fingerprint density at radius 1 is 1.00 bits per heavy atom. The third-order valence-corrected chi connectivity index (χ3v) is 8.87. The van der Waals surface area contributed by atoms with E-state index in [0.29, 0.717) is 34.8 Å². The van der Waals surface area contributed by atoms with Crippen LogP contribution in [0.4, 0.5) is 5.13 Å². The van der Waals surface area contributed by atoms with Crippen LogP contribution in [0.25, 0.3) is 11.3 Å². The van der Waals surface area contributed by atoms with Gasteiger partial charge in [-0.15, -0.1) is 11.3 Å². The van der Waals surface area contributed by atoms with Crippen molar-refractivity contribution in [2.45, 2.75) is 63.8 Å². The van der Waals surface area contributed by atoms with Crippen LogP contribution in [0.2, 0.25) is 0 Å². The fourth-order valence-electron chi connectivity index (χ4n) is 5.87. The molecule has 2 aromatic carbocycles. The Morgan fingerprint density at radius 2 is 1.74 bits per heavy atom. The summed E-state index contributed by atoms with van der Waals surface area (Å²) in [7, 11) is 1.67. The monoisotopic (exact) mass is 546 g/mol. The number of hydrogen-bond donors (Lipinski definition) is 2. The zero-order valence-corrected chi connectivity index (χ0v) is 23.7. The maximum atomic E-state index is 12.9. The Kier molecular flexibility index (Phi) is 8.94. The second kappa shape index (κ2) is 12.7. The molecule has 39 heavy (non-hydrogen) atoms. The molecule has 5 rings (SSSR count). The number of rotatable bonds is 9. The first kappa shape index (κ1) is 27.3. The van der Waals surface area contributed by atoms with Crippen LogP contribution in [0.3, 0.4) is 0 Å². The van der Waals surface area contributed by atoms with E-state index in [2.05, 4.69) is 34.6 Å². The van der Waals surface area contributed by atoms with Gasteiger partial charge in [-0.25, -0.2) is 4.98 Å². The van der Waals surface area contributed by atoms with E-state index in [1.807, 2.05) is 11.4 Å². The van der Waals surface area contributed by atoms with Gasteiger partial charge in [-0.1, -0.05) is 32.3 Å². The van der Waals surface area contributed by atoms with E-state index in [1.54, 1.807) is 31.4 Å². The van der Waals surface area contributed by atoms with E-state index in [9.17, 15) is 9.59 Å². The zero-order valence-electron chi connectivity index (χ0n) is 22.9. The third kappa shape index (κ3) is 6.50. The standard InChI is InChI=1S/C31H38N4O3S/c1-3-35-17-7-10-25(35)19-32-29(36)22-11-13-23(14-12-22)30(37)34-31-33-27(20-39-31)26-18-24(15-16-28(26)38-2)21-8-5-4-6-9-21/h11-16,18,20-21,25H,3-10,17,19H2,1-2H3,(H,32,36)(H,33,34,37)/t25-/m0/s1. The number of benzene rings is 2. The number of thiazole rings is 1. The number of carbonyl (C=O) groups excluding carboxylic acids is 2. The summed E-state index contributed by atoms with van der Waals surface area (Å²) in [6.45, 7) is 4.91. The maximum Gasteiger partial charge on any atom is 0.257 e. The number of methoxy groups -OCH3 is 1. The van der Waals surface area contributed by atoms with Crippen LogP contribution >= 0.6 is 11.3 Å². The molecule has 1 saturated carbocycles. The summed E-state index contributed by atoms with van der Waals surface area (Å²) in [6, 6.07) is 13.6. The molecule has 2 N–H and O–H groups in total. The maximum absolute atomic E-state index is 12.9. The first-order valence-corrected chi connectivity index (χ1v) is 15.0. The van der Waals surface area contributed by atoms with Crippen LogP contribution in [-0.2, 0) is 0 Å². The fourth-order valence-corrected chi connectivity index (χ4v) is 6.57. The molecule has 3 aromatic rings. The number of likely N-dealkylation sites (tertiary alicyclic amines) is 1. The van der Waals surface area contributed by atoms with Crippen molar-refractivity contribution in [3.63, 3.8) is 0 Å². The lowest BCUT2D eigenvalue weighted by atomic mass is 9.83. The Bertz CT molecular complexity index is 1280. The Hall–Kier alpha value is -3.23. The number of amides is 2. The molecule has 206 valence electrons. The highest BCUT2D eigenvalue weighted by molar-refractivity contribution is 7.14. The number of aromatic nitrogens is 1. The Balaban J connectivity index is 1.21. The minimum absolute atomic E-state index is 0.112. The van der Waals surface area contributed by atoms with Crippen molar-refractivity contribution in [2.75, 3.05) is 32.1 Å². The average Bonchev–Trinajstić information content (AvgIpc) is 3.65. The minimum Gasteiger partial charge on any atom is -0.496 e. The summed E-state index contributed by atoms with van der Waals surface area (Å²) in [5.41, 5.74) is 4.11. The van der Waals surface area contributed by atoms with Crippen LogP contribution in [0, 0.1) is 0 Å². The second-order valence-electron chi connectivity index (χ2n) is 10.5. The zero-order chi connectivity index (χ0) is 27.2. The van der Waals surface area contributed by atoms with E-state index < -0.39 is 0 Å². The summed E-state index contributed by atoms with van der Waals surface area (Å²) in [6.07, 6.45) is 8.63. The number of anilines is 1. The van der Waals surface area contributed by atoms with Crippen molar-refractivity contribution in [2.24, 2.45) is 0 Å². The highest BCUT2D eigenvalue weighted by Gasteiger charge is 2.23. The first-order chi connectivity index (χ1) is 19.1. The highest BCUT2D eigenvalue weighted by atomic mass is 32.1. The number of nitrogens with one attached hydrogen (secondary N) is 2. The lowest BCUT2D eigenvalue weighted by molar-refractivity contribution is 0.0939. The molecule has 0 bridgehead atoms. The average molecular weight is 547 g/mol. The van der Waals surface area contributed by atoms with Gasteiger partial charge in [0.15, 0.2) is 5.13 Å². The number of carbonyl (C=O) groups is 2. The van der Waals surface area contributed by atoms with Crippen molar-refractivity contribution in [1.29, 1.82) is 0 Å². The van der Waals surface area contributed by atoms with E-state index in [1.165, 1.54) is 55.4 Å². The lowest BCUT2D eigenvalue weighted by Gasteiger charge is -2.22. The normalized spacial score (nSPS) is 18.2. The van der Waals surface area contributed by atoms with Gasteiger partial charge in [0.25, 0.3) is 11.8 Å². The Morgan fingerprint density at radius 3 is 2.46 bits per heavy atom. The molecule has 0 radical (unpaired) electrons. The first-order valence-electron chi connectivity index (χ1n) is 14.1. The molecule has 2 heterocycles. The topological polar surface area (TPSA) is 83.6 Å². The van der Waals surface area contributed by atoms with Crippen LogP contribution in [-0.4, -0.2) is 54.5 Å². The molecule has 7 nitrogen and oxygen atoms in total. The molecule has 1 aromatic heterocycles. The third-order valence-electron chi connectivity index (χ3n) is 8.11. The predicted octanol–water partition coefficient (Wildman–Crippen LogP) is 6.33. The van der Waals surface area contributed by atoms with Gasteiger partial charge >= 0.3 is 0 Å². The summed E-state index contributed by atoms with van der Waals surface area (Å²) in [5.74, 6) is 0.996. The molecular formula is C31H38N4O3S. The van der Waals surface area contributed by atoms with E-state index in [4.69, 9.17) is 9.72 Å². The van der Waals surface area contributed by atoms with Crippen molar-refractivity contribution < 1.29 is 14.3 Å². The molecular weight excluding hydrogens is 508 g/mol. The molecule has 8 heteroatoms. The van der Waals surface area contributed by atoms with E-state index >= 15 is 0 Å². The molecule has 0 unspecified atom stereocenters. The quantitative estimate of drug-likeness (QED) is 0.328. The number of likely N-dealkylation sites (N-methyl/N-ethyl adjacent to an activating group) is 1. The minimum atomic E-state index is -0.254. The summed E-state index contributed by atoms with van der Waals surface area (Å²) >= 11 is 1.39. The lowest BCUT2D eigenvalue weighted by Crippen LogP contribution is -2.40. The van der Waals surface area contributed by atoms with Gasteiger partial charge in [0, 0.05) is 34.7 Å². The Labute approximate surface area is 235 Å². The summed E-state index contributed by atoms with van der Waals surface area (Å²) in [4.78, 5) is 32.7. The van der Waals surface area contributed by atoms with Crippen molar-refractivity contribution in [3.8, 4) is 17.0 Å². The molecule has 2 amide bonds. The fraction of sp³-hybridized carbons (Fsp3) is 0.452. The number of hydrogen-bond acceptors (Lipinski definition) is 6. The summed E-state index contributed by atoms with van der Waals surface area (Å²) in [5, 5.41) is 8.43. The van der Waals surface area contributed by atoms with E-state index in [0.717, 1.165) is 36.5 Å². The number of nitrogens with zero attached hydrogens (tertiary/aromatic N) is 2. The SMILES string of the molecule is CCN1CCC[C@H]1CNC(=O)c1ccc(C(=O)Nc2nc(-c3cc(C4CCCCC4)ccc3OC)cs2)cc1. The molecule has 2 fully saturated rings. The van der Waals surface area contributed by atoms with Gasteiger partial charge in [-0.05, 0) is 86.7 Å². The van der Waals surface area contributed by atoms with Gasteiger partial charge in [-0.2, -0.15) is 0 Å². The van der Waals surface area contributed by atoms with Gasteiger partial charge in [-0.3, -0.25) is 19.8 Å². The molecule has 1 aliphatic heterocycles.